The molecule has 2 rings (SSSR count). The quantitative estimate of drug-likeness (QED) is 0.695. The van der Waals surface area contributed by atoms with E-state index in [4.69, 9.17) is 4.42 Å². The Balaban J connectivity index is 2.12. The van der Waals surface area contributed by atoms with E-state index in [2.05, 4.69) is 25.9 Å². The van der Waals surface area contributed by atoms with Gasteiger partial charge in [-0.1, -0.05) is 11.8 Å². The Bertz CT molecular complexity index is 495. The highest BCUT2D eigenvalue weighted by atomic mass is 79.9. The van der Waals surface area contributed by atoms with Crippen molar-refractivity contribution in [2.24, 2.45) is 0 Å². The van der Waals surface area contributed by atoms with Gasteiger partial charge in [-0.15, -0.1) is 0 Å². The van der Waals surface area contributed by atoms with Crippen molar-refractivity contribution in [3.63, 3.8) is 0 Å². The molecule has 0 aliphatic heterocycles. The van der Waals surface area contributed by atoms with E-state index < -0.39 is 0 Å². The monoisotopic (exact) mass is 286 g/mol. The SMILES string of the molecule is O=c1[nH]cnc(SCc2ccco2)c1Br. The number of aromatic amines is 1. The van der Waals surface area contributed by atoms with Gasteiger partial charge in [0.15, 0.2) is 0 Å². The molecular formula is C9H7BrN2O2S. The predicted octanol–water partition coefficient (Wildman–Crippen LogP) is 2.42. The smallest absolute Gasteiger partial charge is 0.266 e. The summed E-state index contributed by atoms with van der Waals surface area (Å²) in [5.74, 6) is 1.51. The first-order valence-electron chi connectivity index (χ1n) is 4.16. The zero-order valence-corrected chi connectivity index (χ0v) is 9.97. The summed E-state index contributed by atoms with van der Waals surface area (Å²) in [7, 11) is 0. The number of thioether (sulfide) groups is 1. The van der Waals surface area contributed by atoms with E-state index >= 15 is 0 Å². The van der Waals surface area contributed by atoms with Gasteiger partial charge >= 0.3 is 0 Å². The first kappa shape index (κ1) is 10.5. The van der Waals surface area contributed by atoms with Gasteiger partial charge in [-0.25, -0.2) is 4.98 Å². The Morgan fingerprint density at radius 2 is 2.47 bits per heavy atom. The highest BCUT2D eigenvalue weighted by Crippen LogP contribution is 2.25. The average Bonchev–Trinajstić information content (AvgIpc) is 2.73. The van der Waals surface area contributed by atoms with Gasteiger partial charge in [0, 0.05) is 0 Å². The van der Waals surface area contributed by atoms with Gasteiger partial charge in [-0.3, -0.25) is 4.79 Å². The Hall–Kier alpha value is -1.01. The van der Waals surface area contributed by atoms with Crippen LogP contribution < -0.4 is 5.56 Å². The topological polar surface area (TPSA) is 58.9 Å². The molecule has 2 heterocycles. The molecule has 78 valence electrons. The van der Waals surface area contributed by atoms with Crippen molar-refractivity contribution in [3.8, 4) is 0 Å². The lowest BCUT2D eigenvalue weighted by atomic mass is 10.5. The Morgan fingerprint density at radius 3 is 3.20 bits per heavy atom. The minimum absolute atomic E-state index is 0.174. The van der Waals surface area contributed by atoms with Gasteiger partial charge in [0.25, 0.3) is 5.56 Å². The number of hydrogen-bond acceptors (Lipinski definition) is 4. The fraction of sp³-hybridized carbons (Fsp3) is 0.111. The van der Waals surface area contributed by atoms with Gasteiger partial charge in [0.05, 0.1) is 18.3 Å². The number of hydrogen-bond donors (Lipinski definition) is 1. The zero-order chi connectivity index (χ0) is 10.7. The first-order valence-corrected chi connectivity index (χ1v) is 5.93. The average molecular weight is 287 g/mol. The number of aromatic nitrogens is 2. The van der Waals surface area contributed by atoms with Crippen molar-refractivity contribution in [2.75, 3.05) is 0 Å². The van der Waals surface area contributed by atoms with Gasteiger partial charge in [0.2, 0.25) is 0 Å². The standard InChI is InChI=1S/C9H7BrN2O2S/c10-7-8(13)11-5-12-9(7)15-4-6-2-1-3-14-6/h1-3,5H,4H2,(H,11,12,13). The third-order valence-corrected chi connectivity index (χ3v) is 3.71. The summed E-state index contributed by atoms with van der Waals surface area (Å²) >= 11 is 4.63. The molecule has 1 N–H and O–H groups in total. The molecule has 6 heteroatoms. The van der Waals surface area contributed by atoms with E-state index in [9.17, 15) is 4.79 Å². The number of nitrogens with zero attached hydrogens (tertiary/aromatic N) is 1. The third-order valence-electron chi connectivity index (χ3n) is 1.70. The van der Waals surface area contributed by atoms with E-state index in [1.54, 1.807) is 6.26 Å². The van der Waals surface area contributed by atoms with Crippen LogP contribution in [0.15, 0.2) is 43.4 Å². The van der Waals surface area contributed by atoms with Crippen LogP contribution in [0.3, 0.4) is 0 Å². The van der Waals surface area contributed by atoms with E-state index in [1.165, 1.54) is 18.1 Å². The lowest BCUT2D eigenvalue weighted by Crippen LogP contribution is -2.07. The van der Waals surface area contributed by atoms with Crippen LogP contribution in [0.25, 0.3) is 0 Å². The zero-order valence-electron chi connectivity index (χ0n) is 7.57. The van der Waals surface area contributed by atoms with Gasteiger partial charge < -0.3 is 9.40 Å². The summed E-state index contributed by atoms with van der Waals surface area (Å²) in [5, 5.41) is 0.662. The van der Waals surface area contributed by atoms with Crippen LogP contribution in [0.2, 0.25) is 0 Å². The second-order valence-electron chi connectivity index (χ2n) is 2.72. The molecule has 0 saturated heterocycles. The maximum Gasteiger partial charge on any atom is 0.266 e. The van der Waals surface area contributed by atoms with Crippen molar-refractivity contribution in [2.45, 2.75) is 10.8 Å². The third kappa shape index (κ3) is 2.51. The van der Waals surface area contributed by atoms with Crippen LogP contribution in [0.4, 0.5) is 0 Å². The predicted molar refractivity (Wildman–Crippen MR) is 60.8 cm³/mol. The van der Waals surface area contributed by atoms with E-state index in [1.807, 2.05) is 12.1 Å². The Morgan fingerprint density at radius 1 is 1.60 bits per heavy atom. The van der Waals surface area contributed by atoms with Gasteiger partial charge in [0.1, 0.15) is 15.3 Å². The minimum Gasteiger partial charge on any atom is -0.468 e. The molecule has 0 spiro atoms. The molecule has 0 unspecified atom stereocenters. The molecule has 0 radical (unpaired) electrons. The van der Waals surface area contributed by atoms with E-state index in [0.717, 1.165) is 5.76 Å². The molecule has 0 bridgehead atoms. The molecular weight excluding hydrogens is 280 g/mol. The number of halogens is 1. The summed E-state index contributed by atoms with van der Waals surface area (Å²) in [4.78, 5) is 17.8. The summed E-state index contributed by atoms with van der Waals surface area (Å²) in [5.41, 5.74) is -0.174. The van der Waals surface area contributed by atoms with Crippen molar-refractivity contribution < 1.29 is 4.42 Å². The number of rotatable bonds is 3. The molecule has 0 amide bonds. The largest absolute Gasteiger partial charge is 0.468 e. The second kappa shape index (κ2) is 4.67. The van der Waals surface area contributed by atoms with Crippen LogP contribution >= 0.6 is 27.7 Å². The minimum atomic E-state index is -0.174. The maximum absolute atomic E-state index is 11.2. The lowest BCUT2D eigenvalue weighted by Gasteiger charge is -1.99. The van der Waals surface area contributed by atoms with Crippen LogP contribution in [-0.2, 0) is 5.75 Å². The fourth-order valence-electron chi connectivity index (χ4n) is 1.00. The number of nitrogens with one attached hydrogen (secondary N) is 1. The maximum atomic E-state index is 11.2. The highest BCUT2D eigenvalue weighted by Gasteiger charge is 2.06. The normalized spacial score (nSPS) is 10.5. The van der Waals surface area contributed by atoms with Crippen molar-refractivity contribution in [1.29, 1.82) is 0 Å². The molecule has 0 aliphatic carbocycles. The van der Waals surface area contributed by atoms with Crippen LogP contribution in [0, 0.1) is 0 Å². The van der Waals surface area contributed by atoms with Crippen molar-refractivity contribution in [1.82, 2.24) is 9.97 Å². The molecule has 15 heavy (non-hydrogen) atoms. The molecule has 2 aromatic heterocycles. The molecule has 0 aliphatic rings. The van der Waals surface area contributed by atoms with Gasteiger partial charge in [-0.2, -0.15) is 0 Å². The Kier molecular flexibility index (Phi) is 3.27. The fourth-order valence-corrected chi connectivity index (χ4v) is 2.35. The van der Waals surface area contributed by atoms with Crippen molar-refractivity contribution in [3.05, 3.63) is 45.3 Å². The Labute approximate surface area is 98.2 Å². The van der Waals surface area contributed by atoms with Crippen LogP contribution in [0.1, 0.15) is 5.76 Å². The van der Waals surface area contributed by atoms with Crippen molar-refractivity contribution >= 4 is 27.7 Å². The summed E-state index contributed by atoms with van der Waals surface area (Å²) in [6.07, 6.45) is 3.01. The summed E-state index contributed by atoms with van der Waals surface area (Å²) in [6.45, 7) is 0. The van der Waals surface area contributed by atoms with Crippen LogP contribution in [0.5, 0.6) is 0 Å². The van der Waals surface area contributed by atoms with E-state index in [0.29, 0.717) is 15.3 Å². The number of furan rings is 1. The molecule has 2 aromatic rings. The van der Waals surface area contributed by atoms with E-state index in [-0.39, 0.29) is 5.56 Å². The van der Waals surface area contributed by atoms with Crippen LogP contribution in [-0.4, -0.2) is 9.97 Å². The molecule has 0 atom stereocenters. The lowest BCUT2D eigenvalue weighted by molar-refractivity contribution is 0.530. The highest BCUT2D eigenvalue weighted by molar-refractivity contribution is 9.10. The molecule has 0 aromatic carbocycles. The first-order chi connectivity index (χ1) is 7.27. The summed E-state index contributed by atoms with van der Waals surface area (Å²) in [6, 6.07) is 3.71. The molecule has 4 nitrogen and oxygen atoms in total. The molecule has 0 saturated carbocycles. The van der Waals surface area contributed by atoms with Gasteiger partial charge in [-0.05, 0) is 28.1 Å². The molecule has 0 fully saturated rings. The number of H-pyrrole nitrogens is 1. The summed E-state index contributed by atoms with van der Waals surface area (Å²) < 4.78 is 5.64. The second-order valence-corrected chi connectivity index (χ2v) is 4.48.